The molecule has 1 spiro atoms. The van der Waals surface area contributed by atoms with Crippen LogP contribution in [-0.2, 0) is 15.0 Å². The Kier molecular flexibility index (Phi) is 4.07. The van der Waals surface area contributed by atoms with Crippen LogP contribution in [0.1, 0.15) is 37.0 Å². The van der Waals surface area contributed by atoms with Gasteiger partial charge in [-0.2, -0.15) is 5.10 Å². The Morgan fingerprint density at radius 3 is 2.47 bits per heavy atom. The monoisotopic (exact) mass is 400 g/mol. The molecule has 1 atom stereocenters. The second kappa shape index (κ2) is 6.55. The molecule has 30 heavy (non-hydrogen) atoms. The number of hydrogen-bond donors (Lipinski definition) is 1. The van der Waals surface area contributed by atoms with Crippen LogP contribution in [0.25, 0.3) is 5.69 Å². The fraction of sp³-hybridized carbons (Fsp3) is 0.292. The second-order valence-corrected chi connectivity index (χ2v) is 8.56. The maximum Gasteiger partial charge on any atom is 0.242 e. The fourth-order valence-electron chi connectivity index (χ4n) is 4.78. The number of para-hydroxylation sites is 2. The first-order valence-corrected chi connectivity index (χ1v) is 10.3. The van der Waals surface area contributed by atoms with E-state index < -0.39 is 5.41 Å². The summed E-state index contributed by atoms with van der Waals surface area (Å²) in [6.45, 7) is 6.80. The smallest absolute Gasteiger partial charge is 0.242 e. The molecule has 2 amide bonds. The summed E-state index contributed by atoms with van der Waals surface area (Å²) in [5.41, 5.74) is 3.42. The molecule has 2 aromatic carbocycles. The molecule has 0 bridgehead atoms. The molecule has 1 aromatic heterocycles. The van der Waals surface area contributed by atoms with E-state index in [-0.39, 0.29) is 18.2 Å². The summed E-state index contributed by atoms with van der Waals surface area (Å²) in [6.07, 6.45) is 1.83. The first-order chi connectivity index (χ1) is 14.4. The van der Waals surface area contributed by atoms with E-state index in [0.29, 0.717) is 18.3 Å². The van der Waals surface area contributed by atoms with Crippen LogP contribution < -0.4 is 10.2 Å². The van der Waals surface area contributed by atoms with E-state index in [1.165, 1.54) is 0 Å². The molecule has 0 fully saturated rings. The molecule has 3 heterocycles. The zero-order valence-corrected chi connectivity index (χ0v) is 17.3. The third-order valence-corrected chi connectivity index (χ3v) is 6.07. The van der Waals surface area contributed by atoms with Crippen molar-refractivity contribution in [1.82, 2.24) is 9.78 Å². The quantitative estimate of drug-likeness (QED) is 0.727. The van der Waals surface area contributed by atoms with Gasteiger partial charge in [0.25, 0.3) is 0 Å². The number of hydrogen-bond acceptors (Lipinski definition) is 3. The Bertz CT molecular complexity index is 1180. The van der Waals surface area contributed by atoms with E-state index in [1.807, 2.05) is 60.4 Å². The molecule has 0 saturated carbocycles. The molecule has 0 aliphatic carbocycles. The molecule has 1 unspecified atom stereocenters. The van der Waals surface area contributed by atoms with Gasteiger partial charge in [-0.3, -0.25) is 9.59 Å². The molecule has 152 valence electrons. The van der Waals surface area contributed by atoms with Crippen LogP contribution in [0.15, 0.2) is 54.7 Å². The summed E-state index contributed by atoms with van der Waals surface area (Å²) in [5, 5.41) is 7.59. The summed E-state index contributed by atoms with van der Waals surface area (Å²) < 4.78 is 1.74. The molecule has 2 aliphatic heterocycles. The van der Waals surface area contributed by atoms with Crippen molar-refractivity contribution < 1.29 is 9.59 Å². The third kappa shape index (κ3) is 2.46. The first-order valence-electron chi connectivity index (χ1n) is 10.3. The molecular formula is C24H24N4O2. The molecule has 5 rings (SSSR count). The zero-order valence-electron chi connectivity index (χ0n) is 17.3. The lowest BCUT2D eigenvalue weighted by Gasteiger charge is -2.32. The molecular weight excluding hydrogens is 376 g/mol. The number of rotatable bonds is 3. The van der Waals surface area contributed by atoms with E-state index in [0.717, 1.165) is 28.1 Å². The second-order valence-electron chi connectivity index (χ2n) is 8.56. The fourth-order valence-corrected chi connectivity index (χ4v) is 4.78. The minimum absolute atomic E-state index is 0.0437. The van der Waals surface area contributed by atoms with Crippen molar-refractivity contribution >= 4 is 23.3 Å². The lowest BCUT2D eigenvalue weighted by Crippen LogP contribution is -2.47. The number of fused-ring (bicyclic) bond motifs is 4. The highest BCUT2D eigenvalue weighted by Gasteiger charge is 2.57. The van der Waals surface area contributed by atoms with Crippen molar-refractivity contribution in [3.05, 3.63) is 71.4 Å². The number of carbonyl (C=O) groups is 2. The summed E-state index contributed by atoms with van der Waals surface area (Å²) in [6, 6.07) is 15.7. The van der Waals surface area contributed by atoms with Gasteiger partial charge in [0, 0.05) is 24.2 Å². The van der Waals surface area contributed by atoms with E-state index in [1.54, 1.807) is 10.9 Å². The minimum atomic E-state index is -1.04. The molecule has 3 aromatic rings. The van der Waals surface area contributed by atoms with Gasteiger partial charge in [0.05, 0.1) is 11.9 Å². The highest BCUT2D eigenvalue weighted by atomic mass is 16.2. The van der Waals surface area contributed by atoms with Crippen molar-refractivity contribution in [1.29, 1.82) is 0 Å². The molecule has 1 N–H and O–H groups in total. The van der Waals surface area contributed by atoms with Crippen LogP contribution in [0, 0.1) is 12.8 Å². The largest absolute Gasteiger partial charge is 0.311 e. The summed E-state index contributed by atoms with van der Waals surface area (Å²) >= 11 is 0. The van der Waals surface area contributed by atoms with Crippen LogP contribution in [-0.4, -0.2) is 28.1 Å². The number of benzene rings is 2. The highest BCUT2D eigenvalue weighted by molar-refractivity contribution is 6.15. The third-order valence-electron chi connectivity index (χ3n) is 6.07. The number of aryl methyl sites for hydroxylation is 1. The number of nitrogens with zero attached hydrogens (tertiary/aromatic N) is 3. The summed E-state index contributed by atoms with van der Waals surface area (Å²) in [7, 11) is 0. The number of nitrogens with one attached hydrogen (secondary N) is 1. The Labute approximate surface area is 175 Å². The van der Waals surface area contributed by atoms with Gasteiger partial charge in [-0.25, -0.2) is 4.68 Å². The van der Waals surface area contributed by atoms with E-state index in [9.17, 15) is 9.59 Å². The Balaban J connectivity index is 1.75. The average molecular weight is 400 g/mol. The number of carbonyl (C=O) groups excluding carboxylic acids is 2. The average Bonchev–Trinajstić information content (AvgIpc) is 3.23. The minimum Gasteiger partial charge on any atom is -0.311 e. The van der Waals surface area contributed by atoms with Crippen LogP contribution in [0.4, 0.5) is 11.5 Å². The van der Waals surface area contributed by atoms with Gasteiger partial charge in [-0.1, -0.05) is 50.2 Å². The Morgan fingerprint density at radius 2 is 1.73 bits per heavy atom. The van der Waals surface area contributed by atoms with Crippen LogP contribution in [0.3, 0.4) is 0 Å². The standard InChI is InChI=1S/C24H24N4O2/c1-15(2)14-27-20-11-7-5-9-17(20)24(23(27)30)12-21(29)26-22-18(24)13-25-28(22)19-10-6-4-8-16(19)3/h4-11,13,15H,12,14H2,1-3H3,(H,26,29). The van der Waals surface area contributed by atoms with E-state index in [4.69, 9.17) is 0 Å². The molecule has 0 radical (unpaired) electrons. The van der Waals surface area contributed by atoms with E-state index in [2.05, 4.69) is 24.3 Å². The first kappa shape index (κ1) is 18.6. The van der Waals surface area contributed by atoms with Gasteiger partial charge in [-0.05, 0) is 36.1 Å². The van der Waals surface area contributed by atoms with Crippen molar-refractivity contribution in [2.45, 2.75) is 32.6 Å². The van der Waals surface area contributed by atoms with Crippen LogP contribution >= 0.6 is 0 Å². The summed E-state index contributed by atoms with van der Waals surface area (Å²) in [4.78, 5) is 28.7. The predicted octanol–water partition coefficient (Wildman–Crippen LogP) is 3.81. The van der Waals surface area contributed by atoms with E-state index >= 15 is 0 Å². The molecule has 0 saturated heterocycles. The van der Waals surface area contributed by atoms with Crippen molar-refractivity contribution in [2.75, 3.05) is 16.8 Å². The predicted molar refractivity (Wildman–Crippen MR) is 116 cm³/mol. The maximum atomic E-state index is 13.9. The van der Waals surface area contributed by atoms with Gasteiger partial charge in [0.2, 0.25) is 11.8 Å². The lowest BCUT2D eigenvalue weighted by atomic mass is 9.72. The normalized spacial score (nSPS) is 19.9. The Morgan fingerprint density at radius 1 is 1.03 bits per heavy atom. The molecule has 2 aliphatic rings. The van der Waals surface area contributed by atoms with Crippen LogP contribution in [0.5, 0.6) is 0 Å². The van der Waals surface area contributed by atoms with Gasteiger partial charge in [0.1, 0.15) is 11.2 Å². The number of amides is 2. The van der Waals surface area contributed by atoms with Gasteiger partial charge >= 0.3 is 0 Å². The van der Waals surface area contributed by atoms with Crippen molar-refractivity contribution in [3.63, 3.8) is 0 Å². The zero-order chi connectivity index (χ0) is 21.0. The number of anilines is 2. The van der Waals surface area contributed by atoms with Gasteiger partial charge in [-0.15, -0.1) is 0 Å². The maximum absolute atomic E-state index is 13.9. The number of aromatic nitrogens is 2. The van der Waals surface area contributed by atoms with Gasteiger partial charge < -0.3 is 10.2 Å². The highest BCUT2D eigenvalue weighted by Crippen LogP contribution is 2.52. The van der Waals surface area contributed by atoms with Gasteiger partial charge in [0.15, 0.2) is 0 Å². The van der Waals surface area contributed by atoms with Crippen LogP contribution in [0.2, 0.25) is 0 Å². The SMILES string of the molecule is Cc1ccccc1-n1ncc2c1NC(=O)CC21C(=O)N(CC(C)C)c2ccccc21. The molecule has 6 heteroatoms. The summed E-state index contributed by atoms with van der Waals surface area (Å²) in [5.74, 6) is 0.670. The van der Waals surface area contributed by atoms with Crippen molar-refractivity contribution in [3.8, 4) is 5.69 Å². The Hall–Kier alpha value is -3.41. The van der Waals surface area contributed by atoms with Crippen molar-refractivity contribution in [2.24, 2.45) is 5.92 Å². The topological polar surface area (TPSA) is 67.2 Å². The molecule has 6 nitrogen and oxygen atoms in total. The lowest BCUT2D eigenvalue weighted by molar-refractivity contribution is -0.126.